The van der Waals surface area contributed by atoms with E-state index in [2.05, 4.69) is 15.3 Å². The lowest BCUT2D eigenvalue weighted by Crippen LogP contribution is -2.34. The number of para-hydroxylation sites is 1. The molecule has 116 valence electrons. The average molecular weight is 308 g/mol. The van der Waals surface area contributed by atoms with E-state index in [0.29, 0.717) is 11.3 Å². The highest BCUT2D eigenvalue weighted by molar-refractivity contribution is 6.07. The van der Waals surface area contributed by atoms with Gasteiger partial charge in [0.2, 0.25) is 5.91 Å². The van der Waals surface area contributed by atoms with Crippen molar-refractivity contribution in [1.29, 1.82) is 0 Å². The number of nitrogens with one attached hydrogen (secondary N) is 2. The van der Waals surface area contributed by atoms with Crippen molar-refractivity contribution in [3.63, 3.8) is 0 Å². The molecule has 0 saturated carbocycles. The van der Waals surface area contributed by atoms with Crippen LogP contribution in [-0.2, 0) is 4.79 Å². The molecule has 3 rings (SSSR count). The second kappa shape index (κ2) is 6.31. The zero-order valence-corrected chi connectivity index (χ0v) is 12.6. The molecule has 1 aromatic carbocycles. The third kappa shape index (κ3) is 3.21. The standard InChI is InChI=1S/C17H16N4O2/c1-21(11-16(22)20-12-5-4-8-18-9-12)17(23)14-10-19-15-7-3-2-6-13(14)15/h2-10,19H,11H2,1H3,(H,20,22). The molecule has 2 amide bonds. The molecule has 0 aliphatic rings. The molecule has 6 heteroatoms. The highest BCUT2D eigenvalue weighted by atomic mass is 16.2. The molecule has 0 aliphatic heterocycles. The topological polar surface area (TPSA) is 78.1 Å². The van der Waals surface area contributed by atoms with Crippen LogP contribution < -0.4 is 5.32 Å². The summed E-state index contributed by atoms with van der Waals surface area (Å²) in [6, 6.07) is 11.0. The Hall–Kier alpha value is -3.15. The lowest BCUT2D eigenvalue weighted by molar-refractivity contribution is -0.116. The van der Waals surface area contributed by atoms with Gasteiger partial charge in [-0.25, -0.2) is 0 Å². The number of hydrogen-bond donors (Lipinski definition) is 2. The summed E-state index contributed by atoms with van der Waals surface area (Å²) in [7, 11) is 1.60. The largest absolute Gasteiger partial charge is 0.360 e. The van der Waals surface area contributed by atoms with E-state index in [-0.39, 0.29) is 18.4 Å². The first-order chi connectivity index (χ1) is 11.1. The summed E-state index contributed by atoms with van der Waals surface area (Å²) in [4.78, 5) is 32.9. The quantitative estimate of drug-likeness (QED) is 0.776. The maximum atomic E-state index is 12.5. The molecule has 0 aliphatic carbocycles. The van der Waals surface area contributed by atoms with Crippen LogP contribution in [0.15, 0.2) is 55.0 Å². The van der Waals surface area contributed by atoms with Crippen LogP contribution in [0.2, 0.25) is 0 Å². The van der Waals surface area contributed by atoms with Gasteiger partial charge in [-0.15, -0.1) is 0 Å². The summed E-state index contributed by atoms with van der Waals surface area (Å²) in [5.74, 6) is -0.475. The van der Waals surface area contributed by atoms with Crippen LogP contribution in [0, 0.1) is 0 Å². The van der Waals surface area contributed by atoms with Crippen molar-refractivity contribution in [1.82, 2.24) is 14.9 Å². The number of aromatic nitrogens is 2. The van der Waals surface area contributed by atoms with Gasteiger partial charge < -0.3 is 15.2 Å². The van der Waals surface area contributed by atoms with Crippen molar-refractivity contribution in [2.45, 2.75) is 0 Å². The van der Waals surface area contributed by atoms with Gasteiger partial charge in [-0.05, 0) is 18.2 Å². The summed E-state index contributed by atoms with van der Waals surface area (Å²) in [6.45, 7) is -0.0345. The molecule has 0 unspecified atom stereocenters. The summed E-state index contributed by atoms with van der Waals surface area (Å²) >= 11 is 0. The zero-order valence-electron chi connectivity index (χ0n) is 12.6. The van der Waals surface area contributed by atoms with Crippen molar-refractivity contribution in [2.75, 3.05) is 18.9 Å². The Morgan fingerprint density at radius 1 is 1.22 bits per heavy atom. The molecular formula is C17H16N4O2. The van der Waals surface area contributed by atoms with E-state index in [1.807, 2.05) is 24.3 Å². The molecule has 2 N–H and O–H groups in total. The Kier molecular flexibility index (Phi) is 4.05. The van der Waals surface area contributed by atoms with Gasteiger partial charge in [0.15, 0.2) is 0 Å². The first-order valence-electron chi connectivity index (χ1n) is 7.16. The number of H-pyrrole nitrogens is 1. The molecule has 3 aromatic rings. The molecule has 0 bridgehead atoms. The average Bonchev–Trinajstić information content (AvgIpc) is 2.99. The number of anilines is 1. The number of carbonyl (C=O) groups excluding carboxylic acids is 2. The van der Waals surface area contributed by atoms with Crippen LogP contribution in [0.4, 0.5) is 5.69 Å². The Morgan fingerprint density at radius 2 is 2.04 bits per heavy atom. The normalized spacial score (nSPS) is 10.5. The SMILES string of the molecule is CN(CC(=O)Nc1cccnc1)C(=O)c1c[nH]c2ccccc12. The van der Waals surface area contributed by atoms with Gasteiger partial charge >= 0.3 is 0 Å². The molecular weight excluding hydrogens is 292 g/mol. The van der Waals surface area contributed by atoms with Crippen LogP contribution in [-0.4, -0.2) is 40.3 Å². The number of likely N-dealkylation sites (N-methyl/N-ethyl adjacent to an activating group) is 1. The number of hydrogen-bond acceptors (Lipinski definition) is 3. The van der Waals surface area contributed by atoms with Crippen molar-refractivity contribution in [2.24, 2.45) is 0 Å². The number of benzene rings is 1. The molecule has 0 fully saturated rings. The zero-order chi connectivity index (χ0) is 16.2. The number of pyridine rings is 1. The molecule has 2 aromatic heterocycles. The molecule has 23 heavy (non-hydrogen) atoms. The van der Waals surface area contributed by atoms with Gasteiger partial charge in [0.05, 0.1) is 24.0 Å². The maximum Gasteiger partial charge on any atom is 0.256 e. The van der Waals surface area contributed by atoms with E-state index in [9.17, 15) is 9.59 Å². The van der Waals surface area contributed by atoms with Crippen molar-refractivity contribution < 1.29 is 9.59 Å². The van der Waals surface area contributed by atoms with Crippen LogP contribution in [0.25, 0.3) is 10.9 Å². The lowest BCUT2D eigenvalue weighted by Gasteiger charge is -2.16. The maximum absolute atomic E-state index is 12.5. The molecule has 2 heterocycles. The van der Waals surface area contributed by atoms with Crippen molar-refractivity contribution in [3.8, 4) is 0 Å². The Labute approximate surface area is 133 Å². The van der Waals surface area contributed by atoms with Gasteiger partial charge in [-0.3, -0.25) is 14.6 Å². The molecule has 0 saturated heterocycles. The van der Waals surface area contributed by atoms with Crippen LogP contribution in [0.3, 0.4) is 0 Å². The van der Waals surface area contributed by atoms with Crippen molar-refractivity contribution in [3.05, 3.63) is 60.6 Å². The number of carbonyl (C=O) groups is 2. The highest BCUT2D eigenvalue weighted by Crippen LogP contribution is 2.18. The third-order valence-electron chi connectivity index (χ3n) is 3.49. The number of aromatic amines is 1. The van der Waals surface area contributed by atoms with E-state index in [1.54, 1.807) is 37.8 Å². The van der Waals surface area contributed by atoms with E-state index in [0.717, 1.165) is 10.9 Å². The molecule has 0 radical (unpaired) electrons. The molecule has 0 atom stereocenters. The van der Waals surface area contributed by atoms with E-state index in [1.165, 1.54) is 4.90 Å². The number of rotatable bonds is 4. The Bertz CT molecular complexity index is 842. The third-order valence-corrected chi connectivity index (χ3v) is 3.49. The number of nitrogens with zero attached hydrogens (tertiary/aromatic N) is 2. The summed E-state index contributed by atoms with van der Waals surface area (Å²) < 4.78 is 0. The monoisotopic (exact) mass is 308 g/mol. The van der Waals surface area contributed by atoms with Crippen molar-refractivity contribution >= 4 is 28.4 Å². The molecule has 6 nitrogen and oxygen atoms in total. The fraction of sp³-hybridized carbons (Fsp3) is 0.118. The second-order valence-corrected chi connectivity index (χ2v) is 5.20. The predicted octanol–water partition coefficient (Wildman–Crippen LogP) is 2.27. The van der Waals surface area contributed by atoms with Gasteiger partial charge in [0.25, 0.3) is 5.91 Å². The first-order valence-corrected chi connectivity index (χ1v) is 7.16. The summed E-state index contributed by atoms with van der Waals surface area (Å²) in [6.07, 6.45) is 4.85. The number of fused-ring (bicyclic) bond motifs is 1. The fourth-order valence-electron chi connectivity index (χ4n) is 2.38. The van der Waals surface area contributed by atoms with Crippen LogP contribution >= 0.6 is 0 Å². The second-order valence-electron chi connectivity index (χ2n) is 5.20. The van der Waals surface area contributed by atoms with Gasteiger partial charge in [0.1, 0.15) is 0 Å². The van der Waals surface area contributed by atoms with E-state index < -0.39 is 0 Å². The predicted molar refractivity (Wildman–Crippen MR) is 88.1 cm³/mol. The fourth-order valence-corrected chi connectivity index (χ4v) is 2.38. The minimum absolute atomic E-state index is 0.0345. The van der Waals surface area contributed by atoms with Gasteiger partial charge in [-0.2, -0.15) is 0 Å². The highest BCUT2D eigenvalue weighted by Gasteiger charge is 2.18. The first kappa shape index (κ1) is 14.8. The van der Waals surface area contributed by atoms with Gasteiger partial charge in [-0.1, -0.05) is 18.2 Å². The Morgan fingerprint density at radius 3 is 2.83 bits per heavy atom. The van der Waals surface area contributed by atoms with Gasteiger partial charge in [0, 0.05) is 30.3 Å². The number of amides is 2. The summed E-state index contributed by atoms with van der Waals surface area (Å²) in [5, 5.41) is 3.55. The van der Waals surface area contributed by atoms with Crippen LogP contribution in [0.5, 0.6) is 0 Å². The minimum atomic E-state index is -0.270. The smallest absolute Gasteiger partial charge is 0.256 e. The Balaban J connectivity index is 1.69. The lowest BCUT2D eigenvalue weighted by atomic mass is 10.1. The summed E-state index contributed by atoms with van der Waals surface area (Å²) in [5.41, 5.74) is 2.05. The van der Waals surface area contributed by atoms with Crippen LogP contribution in [0.1, 0.15) is 10.4 Å². The minimum Gasteiger partial charge on any atom is -0.360 e. The van der Waals surface area contributed by atoms with E-state index >= 15 is 0 Å². The van der Waals surface area contributed by atoms with E-state index in [4.69, 9.17) is 0 Å². The molecule has 0 spiro atoms.